The van der Waals surface area contributed by atoms with Crippen molar-refractivity contribution < 1.29 is 0 Å². The molecule has 0 saturated heterocycles. The van der Waals surface area contributed by atoms with Gasteiger partial charge in [0, 0.05) is 11.0 Å². The highest BCUT2D eigenvalue weighted by atomic mass is 79.9. The molecule has 0 bridgehead atoms. The number of halogens is 1. The molecule has 1 aromatic carbocycles. The van der Waals surface area contributed by atoms with Gasteiger partial charge in [0.1, 0.15) is 0 Å². The van der Waals surface area contributed by atoms with E-state index in [9.17, 15) is 0 Å². The average Bonchev–Trinajstić information content (AvgIpc) is 2.04. The first-order valence-electron chi connectivity index (χ1n) is 4.02. The Balaban J connectivity index is 2.59. The maximum Gasteiger partial charge on any atom is 0.0866 e. The highest BCUT2D eigenvalue weighted by molar-refractivity contribution is 9.10. The van der Waals surface area contributed by atoms with E-state index >= 15 is 0 Å². The number of nitrogens with zero attached hydrogens (tertiary/aromatic N) is 2. The minimum Gasteiger partial charge on any atom is -0.289 e. The van der Waals surface area contributed by atoms with Crippen LogP contribution in [0, 0.1) is 11.3 Å². The lowest BCUT2D eigenvalue weighted by molar-refractivity contribution is 0.367. The minimum absolute atomic E-state index is 0.465. The van der Waals surface area contributed by atoms with Crippen LogP contribution in [-0.2, 0) is 6.54 Å². The van der Waals surface area contributed by atoms with E-state index in [1.807, 2.05) is 24.1 Å². The highest BCUT2D eigenvalue weighted by Crippen LogP contribution is 2.12. The van der Waals surface area contributed by atoms with E-state index in [4.69, 9.17) is 5.26 Å². The first-order valence-corrected chi connectivity index (χ1v) is 4.81. The molecule has 13 heavy (non-hydrogen) atoms. The monoisotopic (exact) mass is 238 g/mol. The third-order valence-electron chi connectivity index (χ3n) is 1.68. The Hall–Kier alpha value is -0.850. The molecule has 0 spiro atoms. The number of nitriles is 1. The fourth-order valence-electron chi connectivity index (χ4n) is 1.12. The van der Waals surface area contributed by atoms with Crippen LogP contribution in [0.15, 0.2) is 28.7 Å². The molecular weight excluding hydrogens is 228 g/mol. The van der Waals surface area contributed by atoms with Crippen molar-refractivity contribution in [1.29, 1.82) is 5.26 Å². The maximum absolute atomic E-state index is 8.47. The molecule has 0 atom stereocenters. The second kappa shape index (κ2) is 5.00. The summed E-state index contributed by atoms with van der Waals surface area (Å²) in [5, 5.41) is 8.47. The number of hydrogen-bond acceptors (Lipinski definition) is 2. The Bertz CT molecular complexity index is 317. The second-order valence-electron chi connectivity index (χ2n) is 2.96. The standard InChI is InChI=1S/C10H11BrN2/c1-13(6-5-12)8-9-3-2-4-10(11)7-9/h2-4,7H,6,8H2,1H3. The minimum atomic E-state index is 0.465. The predicted octanol–water partition coefficient (Wildman–Crippen LogP) is 2.40. The van der Waals surface area contributed by atoms with Crippen molar-refractivity contribution in [1.82, 2.24) is 4.90 Å². The van der Waals surface area contributed by atoms with E-state index in [-0.39, 0.29) is 0 Å². The molecule has 0 fully saturated rings. The Morgan fingerprint density at radius 3 is 2.92 bits per heavy atom. The van der Waals surface area contributed by atoms with Gasteiger partial charge in [-0.05, 0) is 24.7 Å². The van der Waals surface area contributed by atoms with Crippen LogP contribution in [-0.4, -0.2) is 18.5 Å². The van der Waals surface area contributed by atoms with Crippen molar-refractivity contribution >= 4 is 15.9 Å². The Labute approximate surface area is 86.9 Å². The number of hydrogen-bond donors (Lipinski definition) is 0. The van der Waals surface area contributed by atoms with Gasteiger partial charge in [-0.25, -0.2) is 0 Å². The normalized spacial score (nSPS) is 10.0. The van der Waals surface area contributed by atoms with Crippen molar-refractivity contribution in [2.24, 2.45) is 0 Å². The summed E-state index contributed by atoms with van der Waals surface area (Å²) >= 11 is 3.41. The number of benzene rings is 1. The van der Waals surface area contributed by atoms with E-state index < -0.39 is 0 Å². The lowest BCUT2D eigenvalue weighted by Crippen LogP contribution is -2.17. The van der Waals surface area contributed by atoms with Crippen LogP contribution in [0.3, 0.4) is 0 Å². The summed E-state index contributed by atoms with van der Waals surface area (Å²) in [5.41, 5.74) is 1.21. The summed E-state index contributed by atoms with van der Waals surface area (Å²) in [4.78, 5) is 1.97. The lowest BCUT2D eigenvalue weighted by Gasteiger charge is -2.12. The van der Waals surface area contributed by atoms with Crippen molar-refractivity contribution in [2.45, 2.75) is 6.54 Å². The van der Waals surface area contributed by atoms with E-state index in [1.165, 1.54) is 5.56 Å². The van der Waals surface area contributed by atoms with Crippen molar-refractivity contribution in [3.63, 3.8) is 0 Å². The topological polar surface area (TPSA) is 27.0 Å². The van der Waals surface area contributed by atoms with Gasteiger partial charge in [-0.2, -0.15) is 5.26 Å². The smallest absolute Gasteiger partial charge is 0.0866 e. The summed E-state index contributed by atoms with van der Waals surface area (Å²) in [7, 11) is 1.93. The molecule has 0 radical (unpaired) electrons. The molecular formula is C10H11BrN2. The third kappa shape index (κ3) is 3.58. The summed E-state index contributed by atoms with van der Waals surface area (Å²) in [5.74, 6) is 0. The summed E-state index contributed by atoms with van der Waals surface area (Å²) in [6, 6.07) is 10.2. The Kier molecular flexibility index (Phi) is 3.94. The maximum atomic E-state index is 8.47. The van der Waals surface area contributed by atoms with Gasteiger partial charge in [0.2, 0.25) is 0 Å². The molecule has 0 unspecified atom stereocenters. The van der Waals surface area contributed by atoms with E-state index in [0.29, 0.717) is 6.54 Å². The molecule has 0 aromatic heterocycles. The zero-order valence-corrected chi connectivity index (χ0v) is 9.08. The van der Waals surface area contributed by atoms with E-state index in [0.717, 1.165) is 11.0 Å². The van der Waals surface area contributed by atoms with Gasteiger partial charge in [0.05, 0.1) is 12.6 Å². The van der Waals surface area contributed by atoms with Crippen LogP contribution in [0.5, 0.6) is 0 Å². The third-order valence-corrected chi connectivity index (χ3v) is 2.18. The fraction of sp³-hybridized carbons (Fsp3) is 0.300. The molecule has 1 aromatic rings. The van der Waals surface area contributed by atoms with Crippen LogP contribution < -0.4 is 0 Å². The van der Waals surface area contributed by atoms with Gasteiger partial charge in [-0.1, -0.05) is 28.1 Å². The molecule has 0 aliphatic carbocycles. The predicted molar refractivity (Wildman–Crippen MR) is 56.1 cm³/mol. The molecule has 0 aliphatic heterocycles. The van der Waals surface area contributed by atoms with Crippen molar-refractivity contribution in [3.05, 3.63) is 34.3 Å². The van der Waals surface area contributed by atoms with E-state index in [2.05, 4.69) is 34.1 Å². The van der Waals surface area contributed by atoms with Gasteiger partial charge in [-0.15, -0.1) is 0 Å². The molecule has 0 amide bonds. The SMILES string of the molecule is CN(CC#N)Cc1cccc(Br)c1. The average molecular weight is 239 g/mol. The van der Waals surface area contributed by atoms with Crippen LogP contribution in [0.2, 0.25) is 0 Å². The summed E-state index contributed by atoms with van der Waals surface area (Å²) in [6.07, 6.45) is 0. The molecule has 0 aliphatic rings. The zero-order chi connectivity index (χ0) is 9.68. The van der Waals surface area contributed by atoms with Gasteiger partial charge in [0.15, 0.2) is 0 Å². The molecule has 0 heterocycles. The first kappa shape index (κ1) is 10.2. The fourth-order valence-corrected chi connectivity index (χ4v) is 1.57. The van der Waals surface area contributed by atoms with E-state index in [1.54, 1.807) is 0 Å². The quantitative estimate of drug-likeness (QED) is 0.757. The van der Waals surface area contributed by atoms with Crippen LogP contribution in [0.25, 0.3) is 0 Å². The highest BCUT2D eigenvalue weighted by Gasteiger charge is 1.98. The lowest BCUT2D eigenvalue weighted by atomic mass is 10.2. The molecule has 1 rings (SSSR count). The van der Waals surface area contributed by atoms with Gasteiger partial charge in [0.25, 0.3) is 0 Å². The van der Waals surface area contributed by atoms with Gasteiger partial charge < -0.3 is 0 Å². The van der Waals surface area contributed by atoms with Crippen molar-refractivity contribution in [3.8, 4) is 6.07 Å². The summed E-state index contributed by atoms with van der Waals surface area (Å²) in [6.45, 7) is 1.28. The zero-order valence-electron chi connectivity index (χ0n) is 7.50. The molecule has 2 nitrogen and oxygen atoms in total. The Morgan fingerprint density at radius 1 is 1.54 bits per heavy atom. The van der Waals surface area contributed by atoms with Crippen LogP contribution >= 0.6 is 15.9 Å². The molecule has 0 N–H and O–H groups in total. The van der Waals surface area contributed by atoms with Crippen LogP contribution in [0.1, 0.15) is 5.56 Å². The largest absolute Gasteiger partial charge is 0.289 e. The van der Waals surface area contributed by atoms with Gasteiger partial charge >= 0.3 is 0 Å². The molecule has 3 heteroatoms. The van der Waals surface area contributed by atoms with Crippen molar-refractivity contribution in [2.75, 3.05) is 13.6 Å². The summed E-state index contributed by atoms with van der Waals surface area (Å²) < 4.78 is 1.08. The van der Waals surface area contributed by atoms with Gasteiger partial charge in [-0.3, -0.25) is 4.90 Å². The molecule has 68 valence electrons. The first-order chi connectivity index (χ1) is 6.22. The second-order valence-corrected chi connectivity index (χ2v) is 3.88. The number of rotatable bonds is 3. The Morgan fingerprint density at radius 2 is 2.31 bits per heavy atom. The molecule has 0 saturated carbocycles. The van der Waals surface area contributed by atoms with Crippen LogP contribution in [0.4, 0.5) is 0 Å².